The van der Waals surface area contributed by atoms with E-state index in [9.17, 15) is 4.79 Å². The predicted octanol–water partition coefficient (Wildman–Crippen LogP) is 2.46. The number of hydrogen-bond acceptors (Lipinski definition) is 2. The van der Waals surface area contributed by atoms with Gasteiger partial charge in [0, 0.05) is 20.1 Å². The number of imidazole rings is 1. The molecule has 0 radical (unpaired) electrons. The second-order valence-corrected chi connectivity index (χ2v) is 6.14. The van der Waals surface area contributed by atoms with Crippen LogP contribution >= 0.6 is 0 Å². The molecular weight excluding hydrogens is 250 g/mol. The number of rotatable bonds is 3. The number of nitrogens with zero attached hydrogens (tertiary/aromatic N) is 2. The van der Waals surface area contributed by atoms with Gasteiger partial charge in [0.2, 0.25) is 0 Å². The zero-order valence-corrected chi connectivity index (χ0v) is 12.3. The summed E-state index contributed by atoms with van der Waals surface area (Å²) < 4.78 is 3.38. The molecule has 3 rings (SSSR count). The highest BCUT2D eigenvalue weighted by Crippen LogP contribution is 2.32. The molecule has 1 aliphatic rings. The van der Waals surface area contributed by atoms with E-state index >= 15 is 0 Å². The third-order valence-corrected chi connectivity index (χ3v) is 4.79. The van der Waals surface area contributed by atoms with Crippen LogP contribution in [0.2, 0.25) is 0 Å². The lowest BCUT2D eigenvalue weighted by Crippen LogP contribution is -2.19. The minimum atomic E-state index is 0.0153. The minimum absolute atomic E-state index is 0.0153. The summed E-state index contributed by atoms with van der Waals surface area (Å²) in [7, 11) is 3.62. The Morgan fingerprint density at radius 1 is 1.20 bits per heavy atom. The number of aromatic nitrogens is 2. The van der Waals surface area contributed by atoms with Crippen molar-refractivity contribution in [3.8, 4) is 0 Å². The highest BCUT2D eigenvalue weighted by Gasteiger charge is 2.19. The van der Waals surface area contributed by atoms with Gasteiger partial charge in [-0.3, -0.25) is 9.13 Å². The van der Waals surface area contributed by atoms with Crippen LogP contribution in [-0.2, 0) is 14.1 Å². The van der Waals surface area contributed by atoms with E-state index in [4.69, 9.17) is 5.73 Å². The first kappa shape index (κ1) is 13.4. The van der Waals surface area contributed by atoms with Crippen molar-refractivity contribution in [1.29, 1.82) is 0 Å². The number of nitrogens with two attached hydrogens (primary N) is 1. The molecule has 0 bridgehead atoms. The molecule has 0 saturated heterocycles. The van der Waals surface area contributed by atoms with Gasteiger partial charge in [-0.05, 0) is 30.0 Å². The molecule has 0 spiro atoms. The Bertz CT molecular complexity index is 677. The summed E-state index contributed by atoms with van der Waals surface area (Å²) >= 11 is 0. The first-order valence-corrected chi connectivity index (χ1v) is 7.49. The van der Waals surface area contributed by atoms with E-state index in [0.29, 0.717) is 0 Å². The molecule has 1 heterocycles. The molecule has 108 valence electrons. The standard InChI is InChI=1S/C16H23N3O/c1-18-14-8-7-12(10-15(14)19(2)16(18)20)13(17)9-11-5-3-4-6-11/h7-8,10-11,13H,3-6,9,17H2,1-2H3. The van der Waals surface area contributed by atoms with Gasteiger partial charge in [0.05, 0.1) is 11.0 Å². The Labute approximate surface area is 119 Å². The summed E-state index contributed by atoms with van der Waals surface area (Å²) in [6.45, 7) is 0. The normalized spacial score (nSPS) is 17.9. The molecular formula is C16H23N3O. The van der Waals surface area contributed by atoms with Crippen LogP contribution in [0.5, 0.6) is 0 Å². The molecule has 1 fully saturated rings. The van der Waals surface area contributed by atoms with E-state index < -0.39 is 0 Å². The van der Waals surface area contributed by atoms with Crippen LogP contribution in [0.4, 0.5) is 0 Å². The SMILES string of the molecule is Cn1c(=O)n(C)c2cc(C(N)CC3CCCC3)ccc21. The van der Waals surface area contributed by atoms with Crippen molar-refractivity contribution in [1.82, 2.24) is 9.13 Å². The van der Waals surface area contributed by atoms with E-state index in [1.165, 1.54) is 25.7 Å². The lowest BCUT2D eigenvalue weighted by Gasteiger charge is -2.17. The maximum atomic E-state index is 11.9. The molecule has 2 aromatic rings. The smallest absolute Gasteiger partial charge is 0.324 e. The second-order valence-electron chi connectivity index (χ2n) is 6.14. The van der Waals surface area contributed by atoms with Crippen LogP contribution in [0.3, 0.4) is 0 Å². The largest absolute Gasteiger partial charge is 0.328 e. The predicted molar refractivity (Wildman–Crippen MR) is 81.7 cm³/mol. The van der Waals surface area contributed by atoms with Gasteiger partial charge in [-0.1, -0.05) is 31.7 Å². The first-order chi connectivity index (χ1) is 9.58. The van der Waals surface area contributed by atoms with Gasteiger partial charge in [-0.2, -0.15) is 0 Å². The highest BCUT2D eigenvalue weighted by molar-refractivity contribution is 5.77. The minimum Gasteiger partial charge on any atom is -0.324 e. The number of fused-ring (bicyclic) bond motifs is 1. The molecule has 1 unspecified atom stereocenters. The lowest BCUT2D eigenvalue weighted by atomic mass is 9.94. The third kappa shape index (κ3) is 2.18. The van der Waals surface area contributed by atoms with E-state index in [1.807, 2.05) is 20.2 Å². The fourth-order valence-corrected chi connectivity index (χ4v) is 3.50. The fraction of sp³-hybridized carbons (Fsp3) is 0.562. The van der Waals surface area contributed by atoms with Crippen molar-refractivity contribution < 1.29 is 0 Å². The van der Waals surface area contributed by atoms with Crippen molar-refractivity contribution in [3.05, 3.63) is 34.2 Å². The first-order valence-electron chi connectivity index (χ1n) is 7.49. The molecule has 4 heteroatoms. The van der Waals surface area contributed by atoms with Gasteiger partial charge in [0.1, 0.15) is 0 Å². The zero-order valence-electron chi connectivity index (χ0n) is 12.3. The average molecular weight is 273 g/mol. The van der Waals surface area contributed by atoms with E-state index in [2.05, 4.69) is 12.1 Å². The van der Waals surface area contributed by atoms with Gasteiger partial charge >= 0.3 is 5.69 Å². The van der Waals surface area contributed by atoms with E-state index in [0.717, 1.165) is 28.9 Å². The molecule has 1 saturated carbocycles. The van der Waals surface area contributed by atoms with Crippen LogP contribution in [0, 0.1) is 5.92 Å². The van der Waals surface area contributed by atoms with E-state index in [-0.39, 0.29) is 11.7 Å². The summed E-state index contributed by atoms with van der Waals surface area (Å²) in [5.74, 6) is 0.778. The second kappa shape index (κ2) is 5.09. The van der Waals surface area contributed by atoms with Crippen molar-refractivity contribution in [2.45, 2.75) is 38.1 Å². The Hall–Kier alpha value is -1.55. The van der Waals surface area contributed by atoms with Crippen LogP contribution in [-0.4, -0.2) is 9.13 Å². The van der Waals surface area contributed by atoms with Gasteiger partial charge in [0.25, 0.3) is 0 Å². The molecule has 0 amide bonds. The number of benzene rings is 1. The molecule has 1 aliphatic carbocycles. The molecule has 20 heavy (non-hydrogen) atoms. The Balaban J connectivity index is 1.92. The van der Waals surface area contributed by atoms with Crippen LogP contribution in [0.25, 0.3) is 11.0 Å². The third-order valence-electron chi connectivity index (χ3n) is 4.79. The topological polar surface area (TPSA) is 53.0 Å². The van der Waals surface area contributed by atoms with Crippen LogP contribution in [0.15, 0.2) is 23.0 Å². The Morgan fingerprint density at radius 2 is 1.85 bits per heavy atom. The van der Waals surface area contributed by atoms with Gasteiger partial charge in [-0.25, -0.2) is 4.79 Å². The van der Waals surface area contributed by atoms with Crippen molar-refractivity contribution in [2.75, 3.05) is 0 Å². The van der Waals surface area contributed by atoms with Crippen molar-refractivity contribution in [2.24, 2.45) is 25.7 Å². The number of hydrogen-bond donors (Lipinski definition) is 1. The summed E-state index contributed by atoms with van der Waals surface area (Å²) in [6, 6.07) is 6.25. The van der Waals surface area contributed by atoms with Crippen LogP contribution in [0.1, 0.15) is 43.7 Å². The summed E-state index contributed by atoms with van der Waals surface area (Å²) in [6.07, 6.45) is 6.40. The van der Waals surface area contributed by atoms with E-state index in [1.54, 1.807) is 9.13 Å². The fourth-order valence-electron chi connectivity index (χ4n) is 3.50. The maximum Gasteiger partial charge on any atom is 0.328 e. The molecule has 2 N–H and O–H groups in total. The Morgan fingerprint density at radius 3 is 2.55 bits per heavy atom. The lowest BCUT2D eigenvalue weighted by molar-refractivity contribution is 0.451. The molecule has 1 aromatic carbocycles. The van der Waals surface area contributed by atoms with Gasteiger partial charge in [-0.15, -0.1) is 0 Å². The monoisotopic (exact) mass is 273 g/mol. The summed E-state index contributed by atoms with van der Waals surface area (Å²) in [4.78, 5) is 11.9. The molecule has 0 aliphatic heterocycles. The molecule has 1 aromatic heterocycles. The summed E-state index contributed by atoms with van der Waals surface area (Å²) in [5, 5.41) is 0. The number of aryl methyl sites for hydroxylation is 2. The molecule has 1 atom stereocenters. The van der Waals surface area contributed by atoms with Crippen molar-refractivity contribution >= 4 is 11.0 Å². The van der Waals surface area contributed by atoms with Gasteiger partial charge < -0.3 is 5.73 Å². The molecule has 4 nitrogen and oxygen atoms in total. The highest BCUT2D eigenvalue weighted by atomic mass is 16.1. The summed E-state index contributed by atoms with van der Waals surface area (Å²) in [5.41, 5.74) is 9.46. The average Bonchev–Trinajstić information content (AvgIpc) is 3.03. The quantitative estimate of drug-likeness (QED) is 0.934. The van der Waals surface area contributed by atoms with Crippen molar-refractivity contribution in [3.63, 3.8) is 0 Å². The van der Waals surface area contributed by atoms with Gasteiger partial charge in [0.15, 0.2) is 0 Å². The Kier molecular flexibility index (Phi) is 3.42. The van der Waals surface area contributed by atoms with Crippen LogP contribution < -0.4 is 11.4 Å². The maximum absolute atomic E-state index is 11.9. The zero-order chi connectivity index (χ0) is 14.3.